The fourth-order valence-electron chi connectivity index (χ4n) is 4.04. The van der Waals surface area contributed by atoms with Crippen molar-refractivity contribution in [2.45, 2.75) is 71.9 Å². The van der Waals surface area contributed by atoms with Gasteiger partial charge in [-0.25, -0.2) is 4.39 Å². The van der Waals surface area contributed by atoms with E-state index in [0.717, 1.165) is 37.1 Å². The summed E-state index contributed by atoms with van der Waals surface area (Å²) in [5.74, 6) is 2.80. The van der Waals surface area contributed by atoms with Crippen molar-refractivity contribution in [2.24, 2.45) is 11.8 Å². The highest BCUT2D eigenvalue weighted by Crippen LogP contribution is 2.36. The maximum atomic E-state index is 12.9. The molecular formula is C28H40Cl2FNO3. The Bertz CT molecular complexity index is 851. The Morgan fingerprint density at radius 2 is 1.77 bits per heavy atom. The van der Waals surface area contributed by atoms with Gasteiger partial charge in [0.2, 0.25) is 0 Å². The number of carbonyl (C=O) groups excluding carboxylic acids is 1. The first-order valence-corrected chi connectivity index (χ1v) is 13.2. The Morgan fingerprint density at radius 3 is 2.23 bits per heavy atom. The monoisotopic (exact) mass is 527 g/mol. The number of ether oxygens (including phenoxy) is 2. The van der Waals surface area contributed by atoms with E-state index in [1.54, 1.807) is 30.3 Å². The van der Waals surface area contributed by atoms with Crippen molar-refractivity contribution in [1.29, 1.82) is 0 Å². The first-order chi connectivity index (χ1) is 16.8. The minimum Gasteiger partial charge on any atom is -0.490 e. The van der Waals surface area contributed by atoms with E-state index in [0.29, 0.717) is 22.8 Å². The fourth-order valence-corrected chi connectivity index (χ4v) is 4.34. The molecule has 0 radical (unpaired) electrons. The zero-order chi connectivity index (χ0) is 26.2. The lowest BCUT2D eigenvalue weighted by atomic mass is 9.69. The highest BCUT2D eigenvalue weighted by atomic mass is 35.5. The zero-order valence-electron chi connectivity index (χ0n) is 21.5. The summed E-state index contributed by atoms with van der Waals surface area (Å²) < 4.78 is 23.6. The Morgan fingerprint density at radius 1 is 1.11 bits per heavy atom. The van der Waals surface area contributed by atoms with Crippen molar-refractivity contribution in [2.75, 3.05) is 13.7 Å². The van der Waals surface area contributed by atoms with Crippen LogP contribution in [-0.2, 0) is 4.79 Å². The number of rotatable bonds is 10. The van der Waals surface area contributed by atoms with Crippen LogP contribution in [0.15, 0.2) is 42.5 Å². The second-order valence-corrected chi connectivity index (χ2v) is 9.47. The average molecular weight is 529 g/mol. The van der Waals surface area contributed by atoms with Gasteiger partial charge in [0, 0.05) is 17.1 Å². The van der Waals surface area contributed by atoms with Gasteiger partial charge in [-0.2, -0.15) is 0 Å². The predicted molar refractivity (Wildman–Crippen MR) is 144 cm³/mol. The van der Waals surface area contributed by atoms with Crippen LogP contribution in [0.1, 0.15) is 59.8 Å². The molecule has 1 aliphatic rings. The summed E-state index contributed by atoms with van der Waals surface area (Å²) in [4.78, 5) is 9.89. The molecule has 0 bridgehead atoms. The minimum atomic E-state index is -0.410. The van der Waals surface area contributed by atoms with Gasteiger partial charge in [0.25, 0.3) is 0 Å². The molecule has 1 fully saturated rings. The molecule has 35 heavy (non-hydrogen) atoms. The van der Waals surface area contributed by atoms with E-state index >= 15 is 0 Å². The lowest BCUT2D eigenvalue weighted by molar-refractivity contribution is -0.109. The first-order valence-electron chi connectivity index (χ1n) is 12.4. The zero-order valence-corrected chi connectivity index (χ0v) is 23.0. The van der Waals surface area contributed by atoms with Crippen molar-refractivity contribution in [3.8, 4) is 11.5 Å². The van der Waals surface area contributed by atoms with Gasteiger partial charge in [0.05, 0.1) is 11.1 Å². The summed E-state index contributed by atoms with van der Waals surface area (Å²) in [6, 6.07) is 12.1. The molecular weight excluding hydrogens is 488 g/mol. The van der Waals surface area contributed by atoms with Crippen LogP contribution in [0.5, 0.6) is 11.5 Å². The molecule has 2 aromatic rings. The Kier molecular flexibility index (Phi) is 15.7. The second kappa shape index (κ2) is 17.6. The van der Waals surface area contributed by atoms with Crippen LogP contribution in [-0.4, -0.2) is 32.1 Å². The van der Waals surface area contributed by atoms with Crippen LogP contribution in [0.3, 0.4) is 0 Å². The van der Waals surface area contributed by atoms with Gasteiger partial charge in [-0.1, -0.05) is 63.7 Å². The molecule has 0 spiro atoms. The number of hydrogen-bond donors (Lipinski definition) is 1. The van der Waals surface area contributed by atoms with Gasteiger partial charge >= 0.3 is 0 Å². The number of aldehydes is 1. The lowest BCUT2D eigenvalue weighted by Crippen LogP contribution is -2.47. The SMILES string of the molecule is CCC1C(C)CC1NC.CCCC(CC)Oc1ccc(F)c(Cl)c1.O=CCOc1ccc(Cl)cc1. The van der Waals surface area contributed by atoms with Gasteiger partial charge in [0.1, 0.15) is 23.9 Å². The van der Waals surface area contributed by atoms with E-state index in [-0.39, 0.29) is 17.7 Å². The van der Waals surface area contributed by atoms with Crippen molar-refractivity contribution >= 4 is 29.5 Å². The van der Waals surface area contributed by atoms with Crippen LogP contribution in [0.4, 0.5) is 4.39 Å². The van der Waals surface area contributed by atoms with E-state index in [9.17, 15) is 9.18 Å². The highest BCUT2D eigenvalue weighted by molar-refractivity contribution is 6.31. The molecule has 0 aliphatic heterocycles. The van der Waals surface area contributed by atoms with Gasteiger partial charge in [-0.3, -0.25) is 4.79 Å². The number of carbonyl (C=O) groups is 1. The van der Waals surface area contributed by atoms with Gasteiger partial charge < -0.3 is 14.8 Å². The quantitative estimate of drug-likeness (QED) is 0.318. The summed E-state index contributed by atoms with van der Waals surface area (Å²) in [5.41, 5.74) is 0. The molecule has 7 heteroatoms. The molecule has 4 nitrogen and oxygen atoms in total. The van der Waals surface area contributed by atoms with Crippen molar-refractivity contribution in [1.82, 2.24) is 5.32 Å². The van der Waals surface area contributed by atoms with Crippen LogP contribution in [0.25, 0.3) is 0 Å². The molecule has 1 saturated carbocycles. The van der Waals surface area contributed by atoms with E-state index in [1.165, 1.54) is 25.0 Å². The predicted octanol–water partition coefficient (Wildman–Crippen LogP) is 7.99. The molecule has 4 atom stereocenters. The summed E-state index contributed by atoms with van der Waals surface area (Å²) in [6.07, 6.45) is 6.65. The third-order valence-corrected chi connectivity index (χ3v) is 6.65. The largest absolute Gasteiger partial charge is 0.490 e. The molecule has 0 heterocycles. The van der Waals surface area contributed by atoms with Crippen LogP contribution >= 0.6 is 23.2 Å². The topological polar surface area (TPSA) is 47.6 Å². The maximum absolute atomic E-state index is 12.9. The Balaban J connectivity index is 0.000000272. The second-order valence-electron chi connectivity index (χ2n) is 8.62. The molecule has 0 amide bonds. The third-order valence-electron chi connectivity index (χ3n) is 6.11. The first kappa shape index (κ1) is 31.2. The Hall–Kier alpha value is -1.82. The minimum absolute atomic E-state index is 0.0850. The normalized spacial score (nSPS) is 19.1. The van der Waals surface area contributed by atoms with E-state index in [4.69, 9.17) is 32.7 Å². The molecule has 4 unspecified atom stereocenters. The molecule has 0 saturated heterocycles. The fraction of sp³-hybridized carbons (Fsp3) is 0.536. The highest BCUT2D eigenvalue weighted by Gasteiger charge is 2.34. The summed E-state index contributed by atoms with van der Waals surface area (Å²) in [5, 5.41) is 4.10. The molecule has 196 valence electrons. The van der Waals surface area contributed by atoms with E-state index in [1.807, 2.05) is 0 Å². The van der Waals surface area contributed by atoms with Crippen molar-refractivity contribution in [3.63, 3.8) is 0 Å². The van der Waals surface area contributed by atoms with Gasteiger partial charge in [-0.05, 0) is 74.5 Å². The van der Waals surface area contributed by atoms with E-state index < -0.39 is 5.82 Å². The number of nitrogens with one attached hydrogen (secondary N) is 1. The molecule has 1 N–H and O–H groups in total. The van der Waals surface area contributed by atoms with Crippen molar-refractivity contribution < 1.29 is 18.7 Å². The van der Waals surface area contributed by atoms with Crippen LogP contribution < -0.4 is 14.8 Å². The third kappa shape index (κ3) is 11.6. The average Bonchev–Trinajstić information content (AvgIpc) is 2.85. The lowest BCUT2D eigenvalue weighted by Gasteiger charge is -2.42. The molecule has 2 aromatic carbocycles. The molecule has 0 aromatic heterocycles. The van der Waals surface area contributed by atoms with Crippen LogP contribution in [0.2, 0.25) is 10.0 Å². The number of benzene rings is 2. The summed E-state index contributed by atoms with van der Waals surface area (Å²) >= 11 is 11.3. The standard InChI is InChI=1S/C12H16ClFO.C8H7ClO2.C8H17N/c1-3-5-9(4-2)15-10-6-7-12(14)11(13)8-10;9-7-1-3-8(4-2-7)11-6-5-10;1-4-7-6(2)5-8(7)9-3/h6-9H,3-5H2,1-2H3;1-5H,6H2;6-9H,4-5H2,1-3H3. The van der Waals surface area contributed by atoms with Gasteiger partial charge in [0.15, 0.2) is 6.29 Å². The molecule has 3 rings (SSSR count). The number of halogens is 3. The molecule has 1 aliphatic carbocycles. The summed E-state index contributed by atoms with van der Waals surface area (Å²) in [7, 11) is 2.07. The summed E-state index contributed by atoms with van der Waals surface area (Å²) in [6.45, 7) is 8.91. The van der Waals surface area contributed by atoms with Crippen LogP contribution in [0, 0.1) is 17.7 Å². The van der Waals surface area contributed by atoms with Crippen molar-refractivity contribution in [3.05, 3.63) is 58.3 Å². The Labute approximate surface area is 220 Å². The van der Waals surface area contributed by atoms with E-state index in [2.05, 4.69) is 40.1 Å². The maximum Gasteiger partial charge on any atom is 0.157 e. The van der Waals surface area contributed by atoms with Gasteiger partial charge in [-0.15, -0.1) is 0 Å². The number of hydrogen-bond acceptors (Lipinski definition) is 4. The smallest absolute Gasteiger partial charge is 0.157 e.